The van der Waals surface area contributed by atoms with Gasteiger partial charge in [0.2, 0.25) is 5.91 Å². The minimum Gasteiger partial charge on any atom is -0.397 e. The number of fused-ring (bicyclic) bond motifs is 1. The lowest BCUT2D eigenvalue weighted by Crippen LogP contribution is -2.38. The van der Waals surface area contributed by atoms with Crippen LogP contribution in [0.25, 0.3) is 10.2 Å². The smallest absolute Gasteiger partial charge is 0.242 e. The van der Waals surface area contributed by atoms with Crippen molar-refractivity contribution in [2.45, 2.75) is 33.2 Å². The number of hydrogen-bond donors (Lipinski definition) is 3. The van der Waals surface area contributed by atoms with Crippen molar-refractivity contribution in [3.63, 3.8) is 0 Å². The summed E-state index contributed by atoms with van der Waals surface area (Å²) < 4.78 is 1.06. The SMILES string of the molecule is CCCNC(=O)C(C)Nc1cc2nc(C)sc2cc1N. The molecule has 0 spiro atoms. The Kier molecular flexibility index (Phi) is 4.44. The first kappa shape index (κ1) is 14.6. The molecule has 2 rings (SSSR count). The minimum absolute atomic E-state index is 0.0270. The molecule has 0 radical (unpaired) electrons. The van der Waals surface area contributed by atoms with Crippen molar-refractivity contribution in [1.29, 1.82) is 0 Å². The van der Waals surface area contributed by atoms with Crippen molar-refractivity contribution in [1.82, 2.24) is 10.3 Å². The van der Waals surface area contributed by atoms with E-state index >= 15 is 0 Å². The maximum Gasteiger partial charge on any atom is 0.242 e. The lowest BCUT2D eigenvalue weighted by atomic mass is 10.2. The minimum atomic E-state index is -0.332. The van der Waals surface area contributed by atoms with Gasteiger partial charge in [-0.3, -0.25) is 4.79 Å². The van der Waals surface area contributed by atoms with Gasteiger partial charge in [-0.2, -0.15) is 0 Å². The third kappa shape index (κ3) is 3.19. The van der Waals surface area contributed by atoms with Gasteiger partial charge in [-0.1, -0.05) is 6.92 Å². The normalized spacial score (nSPS) is 12.3. The second-order valence-electron chi connectivity index (χ2n) is 4.80. The number of hydrogen-bond acceptors (Lipinski definition) is 5. The third-order valence-electron chi connectivity index (χ3n) is 2.98. The van der Waals surface area contributed by atoms with Crippen LogP contribution in [0.5, 0.6) is 0 Å². The van der Waals surface area contributed by atoms with Gasteiger partial charge in [0.25, 0.3) is 0 Å². The number of carbonyl (C=O) groups excluding carboxylic acids is 1. The van der Waals surface area contributed by atoms with Crippen LogP contribution in [0.2, 0.25) is 0 Å². The quantitative estimate of drug-likeness (QED) is 0.740. The summed E-state index contributed by atoms with van der Waals surface area (Å²) in [5, 5.41) is 7.01. The van der Waals surface area contributed by atoms with E-state index in [9.17, 15) is 4.79 Å². The van der Waals surface area contributed by atoms with Crippen LogP contribution in [0.1, 0.15) is 25.3 Å². The molecule has 1 atom stereocenters. The number of carbonyl (C=O) groups is 1. The van der Waals surface area contributed by atoms with Crippen LogP contribution in [0.15, 0.2) is 12.1 Å². The summed E-state index contributed by atoms with van der Waals surface area (Å²) in [6.45, 7) is 6.50. The van der Waals surface area contributed by atoms with Gasteiger partial charge >= 0.3 is 0 Å². The summed E-state index contributed by atoms with van der Waals surface area (Å²) in [4.78, 5) is 16.3. The van der Waals surface area contributed by atoms with Crippen molar-refractivity contribution in [3.05, 3.63) is 17.1 Å². The number of nitrogens with zero attached hydrogens (tertiary/aromatic N) is 1. The molecule has 0 saturated heterocycles. The molecule has 1 aromatic carbocycles. The summed E-state index contributed by atoms with van der Waals surface area (Å²) in [5.74, 6) is -0.0270. The monoisotopic (exact) mass is 292 g/mol. The average Bonchev–Trinajstić information content (AvgIpc) is 2.75. The second kappa shape index (κ2) is 6.09. The van der Waals surface area contributed by atoms with Crippen molar-refractivity contribution in [2.75, 3.05) is 17.6 Å². The van der Waals surface area contributed by atoms with E-state index in [4.69, 9.17) is 5.73 Å². The fourth-order valence-corrected chi connectivity index (χ4v) is 2.79. The molecule has 2 aromatic rings. The molecule has 0 aliphatic carbocycles. The maximum absolute atomic E-state index is 11.9. The van der Waals surface area contributed by atoms with Crippen molar-refractivity contribution in [3.8, 4) is 0 Å². The van der Waals surface area contributed by atoms with Gasteiger partial charge in [0, 0.05) is 6.54 Å². The zero-order valence-corrected chi connectivity index (χ0v) is 12.8. The van der Waals surface area contributed by atoms with E-state index < -0.39 is 0 Å². The molecule has 0 saturated carbocycles. The predicted molar refractivity (Wildman–Crippen MR) is 85.2 cm³/mol. The predicted octanol–water partition coefficient (Wildman–Crippen LogP) is 2.51. The van der Waals surface area contributed by atoms with E-state index in [2.05, 4.69) is 15.6 Å². The summed E-state index contributed by atoms with van der Waals surface area (Å²) in [6.07, 6.45) is 0.921. The Morgan fingerprint density at radius 1 is 1.50 bits per heavy atom. The standard InChI is InChI=1S/C14H20N4OS/c1-4-5-16-14(19)8(2)17-11-7-12-13(6-10(11)15)20-9(3)18-12/h6-8,17H,4-5,15H2,1-3H3,(H,16,19). The van der Waals surface area contributed by atoms with E-state index in [1.54, 1.807) is 11.3 Å². The Balaban J connectivity index is 2.16. The van der Waals surface area contributed by atoms with Crippen molar-refractivity contribution in [2.24, 2.45) is 0 Å². The molecular formula is C14H20N4OS. The van der Waals surface area contributed by atoms with Crippen LogP contribution in [0.3, 0.4) is 0 Å². The molecular weight excluding hydrogens is 272 g/mol. The number of nitrogen functional groups attached to an aromatic ring is 1. The van der Waals surface area contributed by atoms with Gasteiger partial charge in [-0.25, -0.2) is 4.98 Å². The van der Waals surface area contributed by atoms with E-state index in [1.807, 2.05) is 32.9 Å². The molecule has 1 unspecified atom stereocenters. The number of benzene rings is 1. The third-order valence-corrected chi connectivity index (χ3v) is 3.91. The topological polar surface area (TPSA) is 80.0 Å². The number of aromatic nitrogens is 1. The van der Waals surface area contributed by atoms with Gasteiger partial charge in [0.1, 0.15) is 6.04 Å². The van der Waals surface area contributed by atoms with E-state index in [0.717, 1.165) is 27.3 Å². The number of nitrogens with two attached hydrogens (primary N) is 1. The highest BCUT2D eigenvalue weighted by Gasteiger charge is 2.14. The average molecular weight is 292 g/mol. The Labute approximate surface area is 122 Å². The fourth-order valence-electron chi connectivity index (χ4n) is 1.93. The molecule has 0 aliphatic heterocycles. The first-order valence-corrected chi connectivity index (χ1v) is 7.53. The Morgan fingerprint density at radius 2 is 2.25 bits per heavy atom. The fraction of sp³-hybridized carbons (Fsp3) is 0.429. The van der Waals surface area contributed by atoms with Gasteiger partial charge in [0.15, 0.2) is 0 Å². The first-order chi connectivity index (χ1) is 9.51. The lowest BCUT2D eigenvalue weighted by Gasteiger charge is -2.16. The highest BCUT2D eigenvalue weighted by molar-refractivity contribution is 7.18. The molecule has 1 heterocycles. The molecule has 6 heteroatoms. The van der Waals surface area contributed by atoms with Crippen LogP contribution in [0.4, 0.5) is 11.4 Å². The van der Waals surface area contributed by atoms with Gasteiger partial charge in [-0.15, -0.1) is 11.3 Å². The molecule has 1 aromatic heterocycles. The van der Waals surface area contributed by atoms with Crippen LogP contribution in [-0.2, 0) is 4.79 Å². The van der Waals surface area contributed by atoms with Crippen LogP contribution < -0.4 is 16.4 Å². The highest BCUT2D eigenvalue weighted by atomic mass is 32.1. The van der Waals surface area contributed by atoms with Gasteiger partial charge < -0.3 is 16.4 Å². The molecule has 5 nitrogen and oxygen atoms in total. The summed E-state index contributed by atoms with van der Waals surface area (Å²) in [6, 6.07) is 3.47. The first-order valence-electron chi connectivity index (χ1n) is 6.72. The van der Waals surface area contributed by atoms with Gasteiger partial charge in [-0.05, 0) is 32.4 Å². The number of thiazole rings is 1. The highest BCUT2D eigenvalue weighted by Crippen LogP contribution is 2.30. The number of nitrogens with one attached hydrogen (secondary N) is 2. The summed E-state index contributed by atoms with van der Waals surface area (Å²) in [7, 11) is 0. The molecule has 1 amide bonds. The summed E-state index contributed by atoms with van der Waals surface area (Å²) in [5.41, 5.74) is 8.32. The van der Waals surface area contributed by atoms with Crippen molar-refractivity contribution < 1.29 is 4.79 Å². The molecule has 0 bridgehead atoms. The number of amides is 1. The molecule has 108 valence electrons. The Bertz CT molecular complexity index is 623. The molecule has 0 fully saturated rings. The molecule has 0 aliphatic rings. The lowest BCUT2D eigenvalue weighted by molar-refractivity contribution is -0.121. The number of rotatable bonds is 5. The van der Waals surface area contributed by atoms with Gasteiger partial charge in [0.05, 0.1) is 26.6 Å². The summed E-state index contributed by atoms with van der Waals surface area (Å²) >= 11 is 1.61. The van der Waals surface area contributed by atoms with E-state index in [-0.39, 0.29) is 11.9 Å². The number of aryl methyl sites for hydroxylation is 1. The van der Waals surface area contributed by atoms with Crippen molar-refractivity contribution >= 4 is 38.8 Å². The second-order valence-corrected chi connectivity index (χ2v) is 6.03. The zero-order chi connectivity index (χ0) is 14.7. The largest absolute Gasteiger partial charge is 0.397 e. The zero-order valence-electron chi connectivity index (χ0n) is 12.0. The van der Waals surface area contributed by atoms with E-state index in [0.29, 0.717) is 12.2 Å². The van der Waals surface area contributed by atoms with Crippen LogP contribution in [-0.4, -0.2) is 23.5 Å². The maximum atomic E-state index is 11.9. The van der Waals surface area contributed by atoms with E-state index in [1.165, 1.54) is 0 Å². The van der Waals surface area contributed by atoms with Crippen LogP contribution in [0, 0.1) is 6.92 Å². The number of anilines is 2. The Morgan fingerprint density at radius 3 is 2.95 bits per heavy atom. The molecule has 20 heavy (non-hydrogen) atoms. The van der Waals surface area contributed by atoms with Crippen LogP contribution >= 0.6 is 11.3 Å². The molecule has 4 N–H and O–H groups in total. The Hall–Kier alpha value is -1.82.